The van der Waals surface area contributed by atoms with E-state index in [1.807, 2.05) is 69.1 Å². The molecule has 3 unspecified atom stereocenters. The number of rotatable bonds is 25. The first-order valence-corrected chi connectivity index (χ1v) is 17.7. The van der Waals surface area contributed by atoms with Crippen molar-refractivity contribution in [3.05, 3.63) is 28.3 Å². The van der Waals surface area contributed by atoms with Crippen molar-refractivity contribution in [2.75, 3.05) is 42.3 Å². The standard InChI is InChI=1S/C37H65N3O7/c1-10-26(34(42)43)19-13-14-22-29-25-32(41)33(37(38(4)5,39(6)7)40(8)9)31(24-18-16-21-28(12-3)36(46)47)30(29)23-17-15-20-27(11-2)35(44)45/h25-28,41H,10-24H2,1-9H3,(H,42,43)(H,44,45)(H,46,47). The van der Waals surface area contributed by atoms with Gasteiger partial charge in [0.15, 0.2) is 5.79 Å². The van der Waals surface area contributed by atoms with Gasteiger partial charge in [0, 0.05) is 5.56 Å². The Hall–Kier alpha value is -2.69. The minimum Gasteiger partial charge on any atom is -0.507 e. The Morgan fingerprint density at radius 2 is 0.936 bits per heavy atom. The minimum atomic E-state index is -0.786. The highest BCUT2D eigenvalue weighted by molar-refractivity contribution is 5.70. The summed E-state index contributed by atoms with van der Waals surface area (Å²) in [6, 6.07) is 1.90. The lowest BCUT2D eigenvalue weighted by atomic mass is 9.82. The first-order valence-electron chi connectivity index (χ1n) is 17.7. The molecule has 0 aliphatic heterocycles. The number of carboxylic acids is 3. The normalized spacial score (nSPS) is 14.1. The van der Waals surface area contributed by atoms with Gasteiger partial charge in [0.1, 0.15) is 5.75 Å². The third-order valence-corrected chi connectivity index (χ3v) is 10.1. The lowest BCUT2D eigenvalue weighted by Gasteiger charge is -2.51. The summed E-state index contributed by atoms with van der Waals surface area (Å²) in [7, 11) is 12.0. The molecule has 270 valence electrons. The van der Waals surface area contributed by atoms with Crippen molar-refractivity contribution in [2.45, 2.75) is 123 Å². The molecule has 4 N–H and O–H groups in total. The van der Waals surface area contributed by atoms with Crippen LogP contribution in [0.15, 0.2) is 6.07 Å². The van der Waals surface area contributed by atoms with E-state index in [4.69, 9.17) is 0 Å². The molecular formula is C37H65N3O7. The molecule has 0 amide bonds. The molecule has 0 aliphatic rings. The number of aromatic hydroxyl groups is 1. The Bertz CT molecular complexity index is 1110. The Morgan fingerprint density at radius 1 is 0.596 bits per heavy atom. The third-order valence-electron chi connectivity index (χ3n) is 10.1. The van der Waals surface area contributed by atoms with Gasteiger partial charge in [-0.1, -0.05) is 40.0 Å². The number of aliphatic carboxylic acids is 3. The number of carboxylic acid groups (broad SMARTS) is 3. The summed E-state index contributed by atoms with van der Waals surface area (Å²) in [5.41, 5.74) is 4.11. The fourth-order valence-corrected chi connectivity index (χ4v) is 7.48. The van der Waals surface area contributed by atoms with Crippen LogP contribution < -0.4 is 0 Å². The zero-order valence-electron chi connectivity index (χ0n) is 30.8. The average Bonchev–Trinajstić information content (AvgIpc) is 2.98. The van der Waals surface area contributed by atoms with Crippen molar-refractivity contribution in [2.24, 2.45) is 17.8 Å². The van der Waals surface area contributed by atoms with Crippen LogP contribution in [0.3, 0.4) is 0 Å². The maximum atomic E-state index is 11.9. The van der Waals surface area contributed by atoms with Crippen molar-refractivity contribution in [1.29, 1.82) is 0 Å². The largest absolute Gasteiger partial charge is 0.507 e. The van der Waals surface area contributed by atoms with Crippen molar-refractivity contribution >= 4 is 17.9 Å². The predicted molar refractivity (Wildman–Crippen MR) is 188 cm³/mol. The fourth-order valence-electron chi connectivity index (χ4n) is 7.48. The second kappa shape index (κ2) is 20.6. The smallest absolute Gasteiger partial charge is 0.306 e. The molecule has 0 aromatic heterocycles. The van der Waals surface area contributed by atoms with Crippen LogP contribution in [-0.4, -0.2) is 95.3 Å². The molecule has 0 fully saturated rings. The molecule has 1 rings (SSSR count). The van der Waals surface area contributed by atoms with Crippen LogP contribution in [-0.2, 0) is 39.4 Å². The SMILES string of the molecule is CCC(CCCCc1cc(O)c(C(N(C)C)(N(C)C)N(C)C)c(CCCCC(CC)C(=O)O)c1CCCCC(CC)C(=O)O)C(=O)O. The van der Waals surface area contributed by atoms with Crippen LogP contribution in [0.4, 0.5) is 0 Å². The molecule has 10 heteroatoms. The molecule has 0 saturated heterocycles. The van der Waals surface area contributed by atoms with Gasteiger partial charge in [0.2, 0.25) is 0 Å². The number of hydrogen-bond donors (Lipinski definition) is 4. The molecule has 47 heavy (non-hydrogen) atoms. The highest BCUT2D eigenvalue weighted by atomic mass is 16.4. The number of unbranched alkanes of at least 4 members (excludes halogenated alkanes) is 3. The van der Waals surface area contributed by atoms with Crippen molar-refractivity contribution in [3.8, 4) is 5.75 Å². The van der Waals surface area contributed by atoms with Gasteiger partial charge in [-0.3, -0.25) is 29.1 Å². The number of aryl methyl sites for hydroxylation is 1. The third kappa shape index (κ3) is 11.5. The molecule has 10 nitrogen and oxygen atoms in total. The highest BCUT2D eigenvalue weighted by Crippen LogP contribution is 2.43. The Kier molecular flexibility index (Phi) is 18.6. The maximum Gasteiger partial charge on any atom is 0.306 e. The van der Waals surface area contributed by atoms with E-state index in [0.29, 0.717) is 51.4 Å². The van der Waals surface area contributed by atoms with Crippen LogP contribution in [0.2, 0.25) is 0 Å². The van der Waals surface area contributed by atoms with Crippen molar-refractivity contribution < 1.29 is 34.8 Å². The Balaban J connectivity index is 3.74. The molecule has 0 heterocycles. The molecule has 0 aliphatic carbocycles. The number of phenols is 1. The summed E-state index contributed by atoms with van der Waals surface area (Å²) in [5.74, 6) is -3.96. The van der Waals surface area contributed by atoms with Gasteiger partial charge >= 0.3 is 17.9 Å². The van der Waals surface area contributed by atoms with E-state index in [1.54, 1.807) is 0 Å². The second-order valence-corrected chi connectivity index (χ2v) is 13.8. The molecule has 0 saturated carbocycles. The van der Waals surface area contributed by atoms with E-state index < -0.39 is 23.7 Å². The lowest BCUT2D eigenvalue weighted by molar-refractivity contribution is -0.143. The minimum absolute atomic E-state index is 0.209. The number of hydrogen-bond acceptors (Lipinski definition) is 7. The summed E-state index contributed by atoms with van der Waals surface area (Å²) in [5, 5.41) is 40.7. The summed E-state index contributed by atoms with van der Waals surface area (Å²) >= 11 is 0. The lowest BCUT2D eigenvalue weighted by Crippen LogP contribution is -2.61. The van der Waals surface area contributed by atoms with Gasteiger partial charge in [0.25, 0.3) is 0 Å². The second-order valence-electron chi connectivity index (χ2n) is 13.8. The molecule has 1 aromatic rings. The molecule has 0 bridgehead atoms. The van der Waals surface area contributed by atoms with Gasteiger partial charge in [-0.15, -0.1) is 0 Å². The van der Waals surface area contributed by atoms with Crippen LogP contribution in [0.1, 0.15) is 120 Å². The van der Waals surface area contributed by atoms with Gasteiger partial charge in [-0.05, 0) is 142 Å². The van der Waals surface area contributed by atoms with E-state index in [-0.39, 0.29) is 23.5 Å². The van der Waals surface area contributed by atoms with Gasteiger partial charge < -0.3 is 20.4 Å². The number of nitrogens with zero attached hydrogens (tertiary/aromatic N) is 3. The molecule has 3 atom stereocenters. The predicted octanol–water partition coefficient (Wildman–Crippen LogP) is 6.66. The van der Waals surface area contributed by atoms with E-state index in [2.05, 4.69) is 14.7 Å². The number of benzene rings is 1. The van der Waals surface area contributed by atoms with E-state index >= 15 is 0 Å². The summed E-state index contributed by atoms with van der Waals surface area (Å²) in [6.07, 6.45) is 10.4. The molecular weight excluding hydrogens is 598 g/mol. The van der Waals surface area contributed by atoms with Crippen LogP contribution in [0.25, 0.3) is 0 Å². The maximum absolute atomic E-state index is 11.9. The molecule has 0 radical (unpaired) electrons. The Labute approximate surface area is 284 Å². The first kappa shape index (κ1) is 42.3. The highest BCUT2D eigenvalue weighted by Gasteiger charge is 2.44. The van der Waals surface area contributed by atoms with Gasteiger partial charge in [0.05, 0.1) is 17.8 Å². The van der Waals surface area contributed by atoms with Crippen molar-refractivity contribution in [1.82, 2.24) is 14.7 Å². The van der Waals surface area contributed by atoms with E-state index in [1.165, 1.54) is 5.56 Å². The number of phenolic OH excluding ortho intramolecular Hbond substituents is 1. The average molecular weight is 664 g/mol. The zero-order chi connectivity index (χ0) is 35.9. The zero-order valence-corrected chi connectivity index (χ0v) is 30.8. The first-order chi connectivity index (χ1) is 22.1. The van der Waals surface area contributed by atoms with E-state index in [9.17, 15) is 34.8 Å². The fraction of sp³-hybridized carbons (Fsp3) is 0.757. The molecule has 1 aromatic carbocycles. The summed E-state index contributed by atoms with van der Waals surface area (Å²) in [4.78, 5) is 41.3. The van der Waals surface area contributed by atoms with Gasteiger partial charge in [-0.25, -0.2) is 0 Å². The van der Waals surface area contributed by atoms with Crippen LogP contribution in [0, 0.1) is 17.8 Å². The Morgan fingerprint density at radius 3 is 1.26 bits per heavy atom. The molecule has 0 spiro atoms. The topological polar surface area (TPSA) is 142 Å². The number of carbonyl (C=O) groups is 3. The van der Waals surface area contributed by atoms with Crippen LogP contribution >= 0.6 is 0 Å². The monoisotopic (exact) mass is 663 g/mol. The van der Waals surface area contributed by atoms with Crippen molar-refractivity contribution in [3.63, 3.8) is 0 Å². The summed E-state index contributed by atoms with van der Waals surface area (Å²) < 4.78 is 0. The quantitative estimate of drug-likeness (QED) is 0.0663. The van der Waals surface area contributed by atoms with E-state index in [0.717, 1.165) is 61.6 Å². The summed E-state index contributed by atoms with van der Waals surface area (Å²) in [6.45, 7) is 5.72. The van der Waals surface area contributed by atoms with Gasteiger partial charge in [-0.2, -0.15) is 0 Å². The van der Waals surface area contributed by atoms with Crippen LogP contribution in [0.5, 0.6) is 5.75 Å².